The summed E-state index contributed by atoms with van der Waals surface area (Å²) in [6.07, 6.45) is 3.86. The lowest BCUT2D eigenvalue weighted by molar-refractivity contribution is -0.116. The van der Waals surface area contributed by atoms with Crippen molar-refractivity contribution in [2.75, 3.05) is 5.32 Å². The van der Waals surface area contributed by atoms with Gasteiger partial charge in [-0.05, 0) is 48.0 Å². The summed E-state index contributed by atoms with van der Waals surface area (Å²) in [6.45, 7) is 0. The first-order valence-corrected chi connectivity index (χ1v) is 10.4. The summed E-state index contributed by atoms with van der Waals surface area (Å²) in [5.41, 5.74) is 2.81. The number of amides is 1. The Morgan fingerprint density at radius 2 is 1.69 bits per heavy atom. The van der Waals surface area contributed by atoms with Crippen LogP contribution in [0.5, 0.6) is 0 Å². The van der Waals surface area contributed by atoms with E-state index in [1.807, 2.05) is 18.2 Å². The predicted octanol–water partition coefficient (Wildman–Crippen LogP) is 4.98. The summed E-state index contributed by atoms with van der Waals surface area (Å²) in [5, 5.41) is 7.44. The molecule has 0 fully saturated rings. The molecule has 160 valence electrons. The van der Waals surface area contributed by atoms with Gasteiger partial charge in [0, 0.05) is 47.1 Å². The Kier molecular flexibility index (Phi) is 6.67. The summed E-state index contributed by atoms with van der Waals surface area (Å²) in [7, 11) is 0. The number of rotatable bonds is 8. The number of para-hydroxylation sites is 1. The normalized spacial score (nSPS) is 10.7. The molecule has 1 N–H and O–H groups in total. The van der Waals surface area contributed by atoms with Gasteiger partial charge in [-0.2, -0.15) is 4.98 Å². The molecule has 0 atom stereocenters. The Morgan fingerprint density at radius 3 is 2.47 bits per heavy atom. The number of ketones is 1. The van der Waals surface area contributed by atoms with Crippen LogP contribution in [-0.4, -0.2) is 26.8 Å². The van der Waals surface area contributed by atoms with E-state index in [2.05, 4.69) is 20.4 Å². The highest BCUT2D eigenvalue weighted by Gasteiger charge is 2.14. The first-order valence-electron chi connectivity index (χ1n) is 9.98. The minimum absolute atomic E-state index is 0.0720. The van der Waals surface area contributed by atoms with Crippen molar-refractivity contribution in [2.24, 2.45) is 0 Å². The topological polar surface area (TPSA) is 98.0 Å². The van der Waals surface area contributed by atoms with Crippen LogP contribution in [0, 0.1) is 0 Å². The van der Waals surface area contributed by atoms with Crippen LogP contribution in [0.15, 0.2) is 77.6 Å². The highest BCUT2D eigenvalue weighted by Crippen LogP contribution is 2.21. The van der Waals surface area contributed by atoms with E-state index < -0.39 is 0 Å². The number of hydrogen-bond acceptors (Lipinski definition) is 6. The van der Waals surface area contributed by atoms with Crippen LogP contribution >= 0.6 is 11.6 Å². The van der Waals surface area contributed by atoms with Crippen LogP contribution in [0.3, 0.4) is 0 Å². The van der Waals surface area contributed by atoms with Gasteiger partial charge < -0.3 is 9.84 Å². The van der Waals surface area contributed by atoms with Crippen LogP contribution in [0.1, 0.15) is 34.7 Å². The molecule has 32 heavy (non-hydrogen) atoms. The molecular weight excluding hydrogens is 428 g/mol. The van der Waals surface area contributed by atoms with Crippen molar-refractivity contribution in [3.8, 4) is 11.4 Å². The molecule has 0 saturated heterocycles. The van der Waals surface area contributed by atoms with Crippen molar-refractivity contribution < 1.29 is 14.1 Å². The fourth-order valence-electron chi connectivity index (χ4n) is 3.12. The third kappa shape index (κ3) is 5.44. The molecular formula is C24H19ClN4O3. The molecule has 0 radical (unpaired) electrons. The molecule has 0 aliphatic heterocycles. The van der Waals surface area contributed by atoms with E-state index in [0.717, 1.165) is 11.1 Å². The number of carbonyl (C=O) groups is 2. The van der Waals surface area contributed by atoms with E-state index in [1.165, 1.54) is 0 Å². The van der Waals surface area contributed by atoms with Gasteiger partial charge in [0.2, 0.25) is 17.6 Å². The quantitative estimate of drug-likeness (QED) is 0.383. The van der Waals surface area contributed by atoms with E-state index in [0.29, 0.717) is 34.4 Å². The van der Waals surface area contributed by atoms with Crippen LogP contribution in [0.2, 0.25) is 5.02 Å². The number of hydrogen-bond donors (Lipinski definition) is 1. The molecule has 4 rings (SSSR count). The van der Waals surface area contributed by atoms with Gasteiger partial charge in [0.25, 0.3) is 0 Å². The Hall–Kier alpha value is -3.84. The number of halogens is 1. The minimum Gasteiger partial charge on any atom is -0.339 e. The first kappa shape index (κ1) is 21.4. The van der Waals surface area contributed by atoms with E-state index in [9.17, 15) is 9.59 Å². The second kappa shape index (κ2) is 9.98. The number of nitrogens with one attached hydrogen (secondary N) is 1. The lowest BCUT2D eigenvalue weighted by Gasteiger charge is -2.09. The second-order valence-corrected chi connectivity index (χ2v) is 7.50. The number of anilines is 1. The van der Waals surface area contributed by atoms with Crippen molar-refractivity contribution in [1.29, 1.82) is 0 Å². The minimum atomic E-state index is -0.247. The molecule has 0 unspecified atom stereocenters. The smallest absolute Gasteiger partial charge is 0.231 e. The first-order chi connectivity index (χ1) is 15.6. The zero-order valence-electron chi connectivity index (χ0n) is 17.0. The zero-order valence-corrected chi connectivity index (χ0v) is 17.7. The van der Waals surface area contributed by atoms with Gasteiger partial charge in [-0.1, -0.05) is 35.0 Å². The Morgan fingerprint density at radius 1 is 0.938 bits per heavy atom. The largest absolute Gasteiger partial charge is 0.339 e. The third-order valence-electron chi connectivity index (χ3n) is 4.79. The maximum atomic E-state index is 12.5. The number of pyridine rings is 1. The predicted molar refractivity (Wildman–Crippen MR) is 120 cm³/mol. The third-order valence-corrected chi connectivity index (χ3v) is 5.04. The summed E-state index contributed by atoms with van der Waals surface area (Å²) in [4.78, 5) is 33.1. The number of aromatic nitrogens is 3. The molecule has 2 aromatic heterocycles. The van der Waals surface area contributed by atoms with E-state index >= 15 is 0 Å². The summed E-state index contributed by atoms with van der Waals surface area (Å²) >= 11 is 5.85. The Balaban J connectivity index is 1.38. The Bertz CT molecular complexity index is 1220. The van der Waals surface area contributed by atoms with E-state index in [4.69, 9.17) is 16.1 Å². The number of Topliss-reactive ketones (excluding diaryl/α,β-unsaturated/α-hetero) is 1. The van der Waals surface area contributed by atoms with E-state index in [1.54, 1.807) is 54.9 Å². The van der Waals surface area contributed by atoms with Crippen molar-refractivity contribution in [1.82, 2.24) is 15.1 Å². The van der Waals surface area contributed by atoms with Crippen molar-refractivity contribution in [3.63, 3.8) is 0 Å². The SMILES string of the molecule is O=C(CCC(=O)c1ccc(Cl)cc1)Nc1ccccc1Cc1nc(-c2ccncc2)no1. The van der Waals surface area contributed by atoms with Gasteiger partial charge in [0.1, 0.15) is 0 Å². The van der Waals surface area contributed by atoms with Gasteiger partial charge in [0.15, 0.2) is 5.78 Å². The number of benzene rings is 2. The second-order valence-electron chi connectivity index (χ2n) is 7.06. The summed E-state index contributed by atoms with van der Waals surface area (Å²) in [6, 6.07) is 17.6. The fraction of sp³-hybridized carbons (Fsp3) is 0.125. The molecule has 0 saturated carbocycles. The summed E-state index contributed by atoms with van der Waals surface area (Å²) in [5.74, 6) is 0.545. The standard InChI is InChI=1S/C24H19ClN4O3/c25-19-7-5-16(6-8-19)21(30)9-10-22(31)27-20-4-2-1-3-18(20)15-23-28-24(29-32-23)17-11-13-26-14-12-17/h1-8,11-14H,9-10,15H2,(H,27,31). The molecule has 0 aliphatic carbocycles. The van der Waals surface area contributed by atoms with Gasteiger partial charge in [-0.3, -0.25) is 14.6 Å². The zero-order chi connectivity index (χ0) is 22.3. The lowest BCUT2D eigenvalue weighted by atomic mass is 10.1. The van der Waals surface area contributed by atoms with Gasteiger partial charge in [-0.15, -0.1) is 0 Å². The number of carbonyl (C=O) groups excluding carboxylic acids is 2. The van der Waals surface area contributed by atoms with Gasteiger partial charge in [-0.25, -0.2) is 0 Å². The highest BCUT2D eigenvalue weighted by atomic mass is 35.5. The van der Waals surface area contributed by atoms with Crippen LogP contribution in [0.25, 0.3) is 11.4 Å². The lowest BCUT2D eigenvalue weighted by Crippen LogP contribution is -2.14. The fourth-order valence-corrected chi connectivity index (χ4v) is 3.25. The average Bonchev–Trinajstić information content (AvgIpc) is 3.28. The molecule has 0 aliphatic rings. The molecule has 7 nitrogen and oxygen atoms in total. The maximum absolute atomic E-state index is 12.5. The van der Waals surface area contributed by atoms with Crippen LogP contribution in [-0.2, 0) is 11.2 Å². The molecule has 0 spiro atoms. The van der Waals surface area contributed by atoms with Gasteiger partial charge in [0.05, 0.1) is 6.42 Å². The maximum Gasteiger partial charge on any atom is 0.231 e. The van der Waals surface area contributed by atoms with Crippen molar-refractivity contribution in [2.45, 2.75) is 19.3 Å². The van der Waals surface area contributed by atoms with Crippen LogP contribution < -0.4 is 5.32 Å². The van der Waals surface area contributed by atoms with Crippen LogP contribution in [0.4, 0.5) is 5.69 Å². The monoisotopic (exact) mass is 446 g/mol. The Labute approximate surface area is 189 Å². The summed E-state index contributed by atoms with van der Waals surface area (Å²) < 4.78 is 5.37. The molecule has 2 heterocycles. The molecule has 2 aromatic carbocycles. The average molecular weight is 447 g/mol. The molecule has 8 heteroatoms. The molecule has 0 bridgehead atoms. The highest BCUT2D eigenvalue weighted by molar-refractivity contribution is 6.30. The van der Waals surface area contributed by atoms with Crippen molar-refractivity contribution in [3.05, 3.63) is 95.1 Å². The molecule has 1 amide bonds. The molecule has 4 aromatic rings. The van der Waals surface area contributed by atoms with E-state index in [-0.39, 0.29) is 24.5 Å². The number of nitrogens with zero attached hydrogens (tertiary/aromatic N) is 3. The van der Waals surface area contributed by atoms with Crippen molar-refractivity contribution >= 4 is 29.0 Å². The van der Waals surface area contributed by atoms with Gasteiger partial charge >= 0.3 is 0 Å².